The van der Waals surface area contributed by atoms with Crippen LogP contribution in [0.5, 0.6) is 5.75 Å². The van der Waals surface area contributed by atoms with Gasteiger partial charge in [0.15, 0.2) is 21.7 Å². The summed E-state index contributed by atoms with van der Waals surface area (Å²) in [4.78, 5) is 20.3. The molecule has 0 spiro atoms. The quantitative estimate of drug-likeness (QED) is 0.681. The van der Waals surface area contributed by atoms with Crippen molar-refractivity contribution < 1.29 is 18.3 Å². The van der Waals surface area contributed by atoms with Crippen LogP contribution < -0.4 is 9.46 Å². The normalized spacial score (nSPS) is 15.6. The molecule has 0 saturated heterocycles. The second-order valence-corrected chi connectivity index (χ2v) is 10.1. The number of allylic oxidation sites excluding steroid dienone is 4. The third kappa shape index (κ3) is 5.65. The van der Waals surface area contributed by atoms with Gasteiger partial charge in [-0.15, -0.1) is 11.3 Å². The first-order valence-electron chi connectivity index (χ1n) is 9.16. The number of hydrogen-bond acceptors (Lipinski definition) is 5. The molecule has 1 unspecified atom stereocenters. The lowest BCUT2D eigenvalue weighted by Gasteiger charge is -2.22. The first kappa shape index (κ1) is 21.9. The zero-order chi connectivity index (χ0) is 21.8. The average molecular weight is 446 g/mol. The lowest BCUT2D eigenvalue weighted by molar-refractivity contribution is -0.119. The molecule has 2 aromatic rings. The van der Waals surface area contributed by atoms with Crippen LogP contribution in [-0.4, -0.2) is 36.8 Å². The Morgan fingerprint density at radius 2 is 1.93 bits per heavy atom. The number of amides is 1. The van der Waals surface area contributed by atoms with Gasteiger partial charge < -0.3 is 4.74 Å². The average Bonchev–Trinajstić information content (AvgIpc) is 3.18. The molecule has 7 nitrogen and oxygen atoms in total. The molecule has 1 aliphatic rings. The molecule has 0 aliphatic heterocycles. The van der Waals surface area contributed by atoms with Gasteiger partial charge in [0.2, 0.25) is 0 Å². The van der Waals surface area contributed by atoms with Gasteiger partial charge in [0.1, 0.15) is 5.75 Å². The number of benzene rings is 1. The highest BCUT2D eigenvalue weighted by molar-refractivity contribution is 7.99. The van der Waals surface area contributed by atoms with E-state index in [4.69, 9.17) is 4.74 Å². The van der Waals surface area contributed by atoms with E-state index in [1.54, 1.807) is 5.38 Å². The standard InChI is InChI=1S/C21H23N3O4S2/c1-21(2,3)17-6-4-5-7-18(17)28-14-19(25)23-15-8-10-16(11-9-15)30(26,27)24-20-22-12-13-29-20/h4-13H,14H2,1-3H3,(H2,22,24,26,27). The number of rotatable bonds is 5. The maximum Gasteiger partial charge on any atom is 0.284 e. The molecule has 0 bridgehead atoms. The summed E-state index contributed by atoms with van der Waals surface area (Å²) in [7, 11) is -3.50. The van der Waals surface area contributed by atoms with E-state index in [0.717, 1.165) is 5.56 Å². The van der Waals surface area contributed by atoms with Crippen LogP contribution in [0.15, 0.2) is 65.1 Å². The maximum absolute atomic E-state index is 12.5. The smallest absolute Gasteiger partial charge is 0.284 e. The largest absolute Gasteiger partial charge is 0.483 e. The summed E-state index contributed by atoms with van der Waals surface area (Å²) in [6, 6.07) is 7.60. The summed E-state index contributed by atoms with van der Waals surface area (Å²) < 4.78 is 30.8. The van der Waals surface area contributed by atoms with Crippen molar-refractivity contribution in [1.82, 2.24) is 4.98 Å². The van der Waals surface area contributed by atoms with Gasteiger partial charge in [0.05, 0.1) is 10.6 Å². The molecule has 1 aliphatic carbocycles. The van der Waals surface area contributed by atoms with Crippen LogP contribution in [0.1, 0.15) is 26.3 Å². The van der Waals surface area contributed by atoms with E-state index < -0.39 is 15.9 Å². The first-order valence-corrected chi connectivity index (χ1v) is 11.6. The van der Waals surface area contributed by atoms with Crippen molar-refractivity contribution in [2.45, 2.75) is 26.2 Å². The summed E-state index contributed by atoms with van der Waals surface area (Å²) in [6.07, 6.45) is 7.46. The number of carbonyl (C=O) groups is 1. The number of thiazole rings is 1. The van der Waals surface area contributed by atoms with Gasteiger partial charge in [-0.1, -0.05) is 39.0 Å². The Labute approximate surface area is 180 Å². The molecular formula is C21H23N3O4S2. The predicted octanol–water partition coefficient (Wildman–Crippen LogP) is 3.87. The lowest BCUT2D eigenvalue weighted by atomic mass is 9.86. The zero-order valence-electron chi connectivity index (χ0n) is 16.9. The molecule has 0 radical (unpaired) electrons. The third-order valence-electron chi connectivity index (χ3n) is 4.11. The third-order valence-corrected chi connectivity index (χ3v) is 6.31. The lowest BCUT2D eigenvalue weighted by Crippen LogP contribution is -2.21. The van der Waals surface area contributed by atoms with Crippen molar-refractivity contribution >= 4 is 42.9 Å². The number of carbonyl (C=O) groups excluding carboxylic acids is 1. The zero-order valence-corrected chi connectivity index (χ0v) is 18.5. The second-order valence-electron chi connectivity index (χ2n) is 7.50. The number of aliphatic imine (C=N–C) groups is 1. The van der Waals surface area contributed by atoms with E-state index in [1.165, 1.54) is 41.8 Å². The summed E-state index contributed by atoms with van der Waals surface area (Å²) in [5, 5.41) is 2.05. The molecule has 1 aromatic carbocycles. The van der Waals surface area contributed by atoms with Crippen molar-refractivity contribution in [3.05, 3.63) is 65.7 Å². The Hall–Kier alpha value is -2.75. The van der Waals surface area contributed by atoms with Gasteiger partial charge in [-0.3, -0.25) is 14.1 Å². The molecule has 1 atom stereocenters. The topological polar surface area (TPSA) is 101 Å². The van der Waals surface area contributed by atoms with Gasteiger partial charge in [-0.25, -0.2) is 14.2 Å². The molecule has 3 rings (SSSR count). The van der Waals surface area contributed by atoms with Crippen LogP contribution in [0.25, 0.3) is 0 Å². The number of ether oxygens (including phenoxy) is 1. The first-order chi connectivity index (χ1) is 14.1. The van der Waals surface area contributed by atoms with Crippen LogP contribution in [-0.2, 0) is 20.2 Å². The van der Waals surface area contributed by atoms with Crippen LogP contribution in [0.2, 0.25) is 0 Å². The number of anilines is 1. The van der Waals surface area contributed by atoms with E-state index in [9.17, 15) is 13.6 Å². The highest BCUT2D eigenvalue weighted by Crippen LogP contribution is 2.30. The summed E-state index contributed by atoms with van der Waals surface area (Å²) in [5.74, 6) is 0.203. The van der Waals surface area contributed by atoms with Gasteiger partial charge >= 0.3 is 0 Å². The van der Waals surface area contributed by atoms with E-state index in [0.29, 0.717) is 16.6 Å². The fraction of sp³-hybridized carbons (Fsp3) is 0.238. The molecule has 9 heteroatoms. The molecule has 1 heterocycles. The minimum Gasteiger partial charge on any atom is -0.483 e. The number of hydrogen-bond donors (Lipinski definition) is 2. The number of nitrogens with zero attached hydrogens (tertiary/aromatic N) is 2. The van der Waals surface area contributed by atoms with Crippen LogP contribution in [0.4, 0.5) is 5.13 Å². The summed E-state index contributed by atoms with van der Waals surface area (Å²) >= 11 is 1.22. The molecular weight excluding hydrogens is 422 g/mol. The van der Waals surface area contributed by atoms with Crippen molar-refractivity contribution in [2.24, 2.45) is 4.99 Å². The minimum absolute atomic E-state index is 0.114. The van der Waals surface area contributed by atoms with Gasteiger partial charge in [-0.2, -0.15) is 0 Å². The van der Waals surface area contributed by atoms with Gasteiger partial charge in [0, 0.05) is 11.6 Å². The Bertz CT molecular complexity index is 1120. The highest BCUT2D eigenvalue weighted by atomic mass is 32.2. The summed E-state index contributed by atoms with van der Waals surface area (Å²) in [6.45, 7) is 6.03. The fourth-order valence-electron chi connectivity index (χ4n) is 2.68. The van der Waals surface area contributed by atoms with Crippen LogP contribution >= 0.6 is 11.3 Å². The Balaban J connectivity index is 1.66. The SMILES string of the molecule is CC(C)(C)c1ccccc1OCC(=O)N=C1C=CC(=S(=O)(O)Nc2nccs2)C=C1. The molecule has 0 saturated carbocycles. The van der Waals surface area contributed by atoms with Crippen molar-refractivity contribution in [3.8, 4) is 5.75 Å². The Morgan fingerprint density at radius 3 is 2.57 bits per heavy atom. The second kappa shape index (κ2) is 8.95. The van der Waals surface area contributed by atoms with Crippen molar-refractivity contribution in [3.63, 3.8) is 0 Å². The van der Waals surface area contributed by atoms with E-state index in [2.05, 4.69) is 35.5 Å². The molecule has 1 amide bonds. The molecule has 0 fully saturated rings. The minimum atomic E-state index is -3.50. The van der Waals surface area contributed by atoms with Crippen molar-refractivity contribution in [1.29, 1.82) is 0 Å². The molecule has 158 valence electrons. The number of nitrogens with one attached hydrogen (secondary N) is 1. The van der Waals surface area contributed by atoms with E-state index >= 15 is 0 Å². The number of aromatic nitrogens is 1. The Kier molecular flexibility index (Phi) is 6.55. The van der Waals surface area contributed by atoms with Gasteiger partial charge in [-0.05, 0) is 41.3 Å². The maximum atomic E-state index is 12.5. The van der Waals surface area contributed by atoms with Crippen LogP contribution in [0, 0.1) is 0 Å². The fourth-order valence-corrected chi connectivity index (χ4v) is 4.50. The predicted molar refractivity (Wildman–Crippen MR) is 123 cm³/mol. The monoisotopic (exact) mass is 445 g/mol. The summed E-state index contributed by atoms with van der Waals surface area (Å²) in [5.41, 5.74) is 1.27. The van der Waals surface area contributed by atoms with E-state index in [1.807, 2.05) is 24.3 Å². The molecule has 30 heavy (non-hydrogen) atoms. The molecule has 2 N–H and O–H groups in total. The van der Waals surface area contributed by atoms with Crippen LogP contribution in [0.3, 0.4) is 0 Å². The van der Waals surface area contributed by atoms with Crippen molar-refractivity contribution in [2.75, 3.05) is 11.3 Å². The highest BCUT2D eigenvalue weighted by Gasteiger charge is 2.19. The number of para-hydroxylation sites is 1. The molecule has 1 aromatic heterocycles. The van der Waals surface area contributed by atoms with E-state index in [-0.39, 0.29) is 16.9 Å². The van der Waals surface area contributed by atoms with Gasteiger partial charge in [0.25, 0.3) is 5.91 Å². The Morgan fingerprint density at radius 1 is 1.23 bits per heavy atom.